The van der Waals surface area contributed by atoms with Gasteiger partial charge in [0.25, 0.3) is 0 Å². The SMILES string of the molecule is CN1C2CCC1CC(CC(C)(C)C)C2.CN1CC(CC(C)(C)C)C1.CN1CCC(CC(C)(C)C)C1.CN1CCC(CC(C)(C)C)CC1.CN1CCC(O)(CCC(C)(C)C)CC1. The summed E-state index contributed by atoms with van der Waals surface area (Å²) in [6.45, 7) is 44.9. The molecule has 6 aliphatic rings. The van der Waals surface area contributed by atoms with Crippen molar-refractivity contribution in [2.75, 3.05) is 87.6 Å². The molecule has 6 nitrogen and oxygen atoms in total. The third kappa shape index (κ3) is 26.5. The van der Waals surface area contributed by atoms with Gasteiger partial charge in [0, 0.05) is 44.8 Å². The minimum atomic E-state index is -0.375. The summed E-state index contributed by atoms with van der Waals surface area (Å²) in [6, 6.07) is 1.84. The third-order valence-corrected chi connectivity index (χ3v) is 14.5. The van der Waals surface area contributed by atoms with Gasteiger partial charge in [-0.3, -0.25) is 0 Å². The Hall–Kier alpha value is -0.240. The highest BCUT2D eigenvalue weighted by Gasteiger charge is 2.39. The maximum Gasteiger partial charge on any atom is 0.0672 e. The lowest BCUT2D eigenvalue weighted by Gasteiger charge is -2.39. The first-order valence-corrected chi connectivity index (χ1v) is 25.9. The van der Waals surface area contributed by atoms with Crippen molar-refractivity contribution in [2.45, 2.75) is 218 Å². The van der Waals surface area contributed by atoms with Gasteiger partial charge < -0.3 is 29.6 Å². The fourth-order valence-electron chi connectivity index (χ4n) is 11.5. The zero-order valence-electron chi connectivity index (χ0n) is 45.4. The van der Waals surface area contributed by atoms with Gasteiger partial charge in [0.1, 0.15) is 0 Å². The molecule has 1 N–H and O–H groups in total. The van der Waals surface area contributed by atoms with Gasteiger partial charge in [0.05, 0.1) is 5.60 Å². The quantitative estimate of drug-likeness (QED) is 0.287. The van der Waals surface area contributed by atoms with Crippen molar-refractivity contribution in [3.05, 3.63) is 0 Å². The predicted octanol–water partition coefficient (Wildman–Crippen LogP) is 12.7. The summed E-state index contributed by atoms with van der Waals surface area (Å²) in [5, 5.41) is 10.3. The van der Waals surface area contributed by atoms with E-state index >= 15 is 0 Å². The Balaban J connectivity index is 0.000000264. The molecule has 0 aromatic heterocycles. The van der Waals surface area contributed by atoms with E-state index in [1.165, 1.54) is 110 Å². The van der Waals surface area contributed by atoms with E-state index in [1.54, 1.807) is 0 Å². The summed E-state index contributed by atoms with van der Waals surface area (Å²) < 4.78 is 0. The summed E-state index contributed by atoms with van der Waals surface area (Å²) in [7, 11) is 11.1. The molecule has 0 spiro atoms. The summed E-state index contributed by atoms with van der Waals surface area (Å²) in [5.41, 5.74) is 2.08. The molecule has 2 bridgehead atoms. The van der Waals surface area contributed by atoms with Crippen LogP contribution in [-0.2, 0) is 0 Å². The van der Waals surface area contributed by atoms with Crippen molar-refractivity contribution < 1.29 is 5.11 Å². The Labute approximate surface area is 384 Å². The molecule has 6 rings (SSSR count). The van der Waals surface area contributed by atoms with Crippen LogP contribution in [0.2, 0.25) is 0 Å². The molecule has 6 heterocycles. The van der Waals surface area contributed by atoms with E-state index in [1.807, 2.05) is 0 Å². The van der Waals surface area contributed by atoms with Crippen LogP contribution in [0.25, 0.3) is 0 Å². The van der Waals surface area contributed by atoms with Crippen molar-refractivity contribution in [2.24, 2.45) is 50.7 Å². The average molecular weight is 861 g/mol. The number of hydrogen-bond acceptors (Lipinski definition) is 6. The highest BCUT2D eigenvalue weighted by atomic mass is 16.3. The van der Waals surface area contributed by atoms with Crippen LogP contribution in [0.3, 0.4) is 0 Å². The normalized spacial score (nSPS) is 27.7. The van der Waals surface area contributed by atoms with E-state index < -0.39 is 0 Å². The standard InChI is InChI=1S/C13H25N.C12H25NO.C11H23N.C10H21N.C9H19N/c1-13(2,3)9-10-7-11-5-6-12(8-10)14(11)4;1-11(2,3)5-6-12(14)7-9-13(4)10-8-12;1-11(2,3)9-10-5-7-12(4)8-6-10;1-10(2,3)7-9-5-6-11(4)8-9;1-9(2,3)5-8-6-10(4)7-8/h10-12H,5-9H2,1-4H3;14H,5-10H2,1-4H3;10H,5-9H2,1-4H3;9H,5-8H2,1-4H3;8H,5-7H2,1-4H3. The minimum absolute atomic E-state index is 0.346. The molecule has 6 aliphatic heterocycles. The highest BCUT2D eigenvalue weighted by molar-refractivity contribution is 4.94. The van der Waals surface area contributed by atoms with Crippen LogP contribution in [0.4, 0.5) is 0 Å². The van der Waals surface area contributed by atoms with Crippen LogP contribution >= 0.6 is 0 Å². The van der Waals surface area contributed by atoms with Gasteiger partial charge in [-0.15, -0.1) is 0 Å². The van der Waals surface area contributed by atoms with Gasteiger partial charge in [-0.2, -0.15) is 0 Å². The van der Waals surface area contributed by atoms with Gasteiger partial charge >= 0.3 is 0 Å². The fraction of sp³-hybridized carbons (Fsp3) is 1.00. The molecule has 0 aliphatic carbocycles. The largest absolute Gasteiger partial charge is 0.390 e. The van der Waals surface area contributed by atoms with E-state index in [4.69, 9.17) is 0 Å². The molecule has 6 heteroatoms. The van der Waals surface area contributed by atoms with Gasteiger partial charge in [-0.05, 0) is 202 Å². The number of piperidine rings is 3. The third-order valence-electron chi connectivity index (χ3n) is 14.5. The molecule has 0 radical (unpaired) electrons. The zero-order valence-corrected chi connectivity index (χ0v) is 45.4. The first-order valence-electron chi connectivity index (χ1n) is 25.9. The molecule has 61 heavy (non-hydrogen) atoms. The lowest BCUT2D eigenvalue weighted by atomic mass is 9.78. The molecule has 0 aromatic carbocycles. The van der Waals surface area contributed by atoms with E-state index in [-0.39, 0.29) is 5.60 Å². The number of likely N-dealkylation sites (tertiary alicyclic amines) is 4. The zero-order chi connectivity index (χ0) is 46.6. The minimum Gasteiger partial charge on any atom is -0.390 e. The lowest BCUT2D eigenvalue weighted by Crippen LogP contribution is -2.45. The lowest BCUT2D eigenvalue weighted by molar-refractivity contribution is -0.0294. The Bertz CT molecular complexity index is 1150. The Morgan fingerprint density at radius 3 is 1.16 bits per heavy atom. The molecule has 0 saturated carbocycles. The average Bonchev–Trinajstić information content (AvgIpc) is 3.55. The Kier molecular flexibility index (Phi) is 22.9. The van der Waals surface area contributed by atoms with Crippen molar-refractivity contribution in [3.63, 3.8) is 0 Å². The van der Waals surface area contributed by atoms with E-state index in [0.29, 0.717) is 27.1 Å². The molecule has 6 saturated heterocycles. The molecule has 0 aromatic rings. The number of rotatable bonds is 6. The summed E-state index contributed by atoms with van der Waals surface area (Å²) in [4.78, 5) is 12.2. The van der Waals surface area contributed by atoms with Crippen LogP contribution < -0.4 is 0 Å². The monoisotopic (exact) mass is 860 g/mol. The van der Waals surface area contributed by atoms with Crippen LogP contribution in [-0.4, -0.2) is 135 Å². The van der Waals surface area contributed by atoms with Crippen LogP contribution in [0.1, 0.15) is 200 Å². The van der Waals surface area contributed by atoms with Gasteiger partial charge in [-0.25, -0.2) is 0 Å². The first-order chi connectivity index (χ1) is 27.7. The first kappa shape index (κ1) is 56.9. The van der Waals surface area contributed by atoms with Crippen molar-refractivity contribution >= 4 is 0 Å². The van der Waals surface area contributed by atoms with E-state index in [2.05, 4.69) is 164 Å². The summed E-state index contributed by atoms with van der Waals surface area (Å²) in [6.07, 6.45) is 19.6. The molecular weight excluding hydrogens is 747 g/mol. The van der Waals surface area contributed by atoms with E-state index in [9.17, 15) is 5.11 Å². The van der Waals surface area contributed by atoms with Gasteiger partial charge in [0.2, 0.25) is 0 Å². The number of fused-ring (bicyclic) bond motifs is 2. The van der Waals surface area contributed by atoms with Crippen molar-refractivity contribution in [1.29, 1.82) is 0 Å². The van der Waals surface area contributed by atoms with Crippen molar-refractivity contribution in [1.82, 2.24) is 24.5 Å². The maximum atomic E-state index is 10.3. The molecule has 3 atom stereocenters. The topological polar surface area (TPSA) is 36.4 Å². The number of aliphatic hydroxyl groups is 1. The number of nitrogens with zero attached hydrogens (tertiary/aromatic N) is 5. The predicted molar refractivity (Wildman–Crippen MR) is 271 cm³/mol. The van der Waals surface area contributed by atoms with Crippen LogP contribution in [0.15, 0.2) is 0 Å². The molecular formula is C55H113N5O. The second-order valence-electron chi connectivity index (χ2n) is 28.3. The Morgan fingerprint density at radius 1 is 0.410 bits per heavy atom. The second-order valence-corrected chi connectivity index (χ2v) is 28.3. The molecule has 364 valence electrons. The maximum absolute atomic E-state index is 10.3. The van der Waals surface area contributed by atoms with Crippen LogP contribution in [0.5, 0.6) is 0 Å². The Morgan fingerprint density at radius 2 is 0.770 bits per heavy atom. The molecule has 0 amide bonds. The summed E-state index contributed by atoms with van der Waals surface area (Å²) >= 11 is 0. The molecule has 6 fully saturated rings. The van der Waals surface area contributed by atoms with Gasteiger partial charge in [0.15, 0.2) is 0 Å². The van der Waals surface area contributed by atoms with Crippen LogP contribution in [0, 0.1) is 50.7 Å². The van der Waals surface area contributed by atoms with Gasteiger partial charge in [-0.1, -0.05) is 104 Å². The number of hydrogen-bond donors (Lipinski definition) is 1. The highest BCUT2D eigenvalue weighted by Crippen LogP contribution is 2.42. The van der Waals surface area contributed by atoms with E-state index in [0.717, 1.165) is 74.5 Å². The smallest absolute Gasteiger partial charge is 0.0672 e. The summed E-state index contributed by atoms with van der Waals surface area (Å²) in [5.74, 6) is 3.93. The van der Waals surface area contributed by atoms with Crippen molar-refractivity contribution in [3.8, 4) is 0 Å². The molecule has 3 unspecified atom stereocenters. The fourth-order valence-corrected chi connectivity index (χ4v) is 11.5. The second kappa shape index (κ2) is 24.5.